The molecule has 7 nitrogen and oxygen atoms in total. The molecule has 3 aromatic rings. The topological polar surface area (TPSA) is 93.4 Å². The van der Waals surface area contributed by atoms with Gasteiger partial charge >= 0.3 is 5.97 Å². The van der Waals surface area contributed by atoms with Crippen LogP contribution in [-0.2, 0) is 24.2 Å². The molecule has 7 heteroatoms. The molecule has 29 heavy (non-hydrogen) atoms. The summed E-state index contributed by atoms with van der Waals surface area (Å²) < 4.78 is 7.12. The Bertz CT molecular complexity index is 1040. The fourth-order valence-corrected chi connectivity index (χ4v) is 3.58. The first-order valence-corrected chi connectivity index (χ1v) is 9.50. The molecule has 0 atom stereocenters. The summed E-state index contributed by atoms with van der Waals surface area (Å²) in [7, 11) is 0. The summed E-state index contributed by atoms with van der Waals surface area (Å²) in [5, 5.41) is 16.4. The van der Waals surface area contributed by atoms with Crippen LogP contribution in [0.15, 0.2) is 54.6 Å². The molecule has 2 aromatic carbocycles. The molecule has 1 aliphatic carbocycles. The number of nitrogens with zero attached hydrogens (tertiary/aromatic N) is 2. The minimum atomic E-state index is -1.07. The first-order chi connectivity index (χ1) is 14.1. The Morgan fingerprint density at radius 3 is 2.72 bits per heavy atom. The Labute approximate surface area is 167 Å². The zero-order valence-electron chi connectivity index (χ0n) is 15.8. The van der Waals surface area contributed by atoms with Crippen molar-refractivity contribution in [2.24, 2.45) is 0 Å². The van der Waals surface area contributed by atoms with Crippen molar-refractivity contribution in [1.29, 1.82) is 0 Å². The SMILES string of the molecule is O=C(O)COc1cccc(C(=O)NCc2nn(-c3ccccc3)c3c2CCC3)c1. The number of aromatic nitrogens is 2. The molecular formula is C22H21N3O4. The molecule has 1 aromatic heterocycles. The van der Waals surface area contributed by atoms with Crippen LogP contribution in [0.2, 0.25) is 0 Å². The van der Waals surface area contributed by atoms with Crippen molar-refractivity contribution in [3.05, 3.63) is 77.1 Å². The van der Waals surface area contributed by atoms with Crippen LogP contribution in [0.4, 0.5) is 0 Å². The number of fused-ring (bicyclic) bond motifs is 1. The molecule has 4 rings (SSSR count). The van der Waals surface area contributed by atoms with Crippen LogP contribution >= 0.6 is 0 Å². The molecule has 0 saturated heterocycles. The van der Waals surface area contributed by atoms with Gasteiger partial charge in [0.15, 0.2) is 6.61 Å². The average Bonchev–Trinajstić information content (AvgIpc) is 3.34. The number of nitrogens with one attached hydrogen (secondary N) is 1. The van der Waals surface area contributed by atoms with Crippen molar-refractivity contribution >= 4 is 11.9 Å². The smallest absolute Gasteiger partial charge is 0.341 e. The van der Waals surface area contributed by atoms with Gasteiger partial charge in [0.25, 0.3) is 5.91 Å². The van der Waals surface area contributed by atoms with Crippen molar-refractivity contribution in [1.82, 2.24) is 15.1 Å². The largest absolute Gasteiger partial charge is 0.482 e. The molecule has 0 spiro atoms. The highest BCUT2D eigenvalue weighted by atomic mass is 16.5. The lowest BCUT2D eigenvalue weighted by Crippen LogP contribution is -2.23. The Morgan fingerprint density at radius 2 is 1.93 bits per heavy atom. The fourth-order valence-electron chi connectivity index (χ4n) is 3.58. The molecule has 0 radical (unpaired) electrons. The van der Waals surface area contributed by atoms with Crippen LogP contribution in [0.3, 0.4) is 0 Å². The monoisotopic (exact) mass is 391 g/mol. The van der Waals surface area contributed by atoms with E-state index in [4.69, 9.17) is 14.9 Å². The van der Waals surface area contributed by atoms with E-state index in [1.54, 1.807) is 18.2 Å². The van der Waals surface area contributed by atoms with Gasteiger partial charge in [0.1, 0.15) is 5.75 Å². The van der Waals surface area contributed by atoms with Gasteiger partial charge in [0.05, 0.1) is 17.9 Å². The van der Waals surface area contributed by atoms with Gasteiger partial charge in [-0.2, -0.15) is 5.10 Å². The van der Waals surface area contributed by atoms with E-state index in [-0.39, 0.29) is 5.91 Å². The summed E-state index contributed by atoms with van der Waals surface area (Å²) >= 11 is 0. The van der Waals surface area contributed by atoms with Gasteiger partial charge in [-0.05, 0) is 55.2 Å². The second-order valence-electron chi connectivity index (χ2n) is 6.87. The van der Waals surface area contributed by atoms with Crippen molar-refractivity contribution < 1.29 is 19.4 Å². The molecule has 0 bridgehead atoms. The van der Waals surface area contributed by atoms with Crippen LogP contribution in [0.25, 0.3) is 5.69 Å². The van der Waals surface area contributed by atoms with Crippen LogP contribution in [0.5, 0.6) is 5.75 Å². The Kier molecular flexibility index (Phi) is 5.29. The number of aliphatic carboxylic acids is 1. The molecule has 1 amide bonds. The third-order valence-electron chi connectivity index (χ3n) is 4.89. The number of carbonyl (C=O) groups is 2. The number of para-hydroxylation sites is 1. The number of hydrogen-bond acceptors (Lipinski definition) is 4. The molecule has 0 saturated carbocycles. The maximum atomic E-state index is 12.6. The third kappa shape index (κ3) is 4.13. The third-order valence-corrected chi connectivity index (χ3v) is 4.89. The number of rotatable bonds is 7. The van der Waals surface area contributed by atoms with Crippen LogP contribution in [-0.4, -0.2) is 33.4 Å². The van der Waals surface area contributed by atoms with Gasteiger partial charge in [-0.15, -0.1) is 0 Å². The van der Waals surface area contributed by atoms with Gasteiger partial charge in [-0.1, -0.05) is 24.3 Å². The Hall–Kier alpha value is -3.61. The summed E-state index contributed by atoms with van der Waals surface area (Å²) in [5.41, 5.74) is 4.74. The number of carboxylic acids is 1. The summed E-state index contributed by atoms with van der Waals surface area (Å²) in [6.45, 7) is -0.116. The highest BCUT2D eigenvalue weighted by Crippen LogP contribution is 2.27. The van der Waals surface area contributed by atoms with Gasteiger partial charge in [0, 0.05) is 11.3 Å². The van der Waals surface area contributed by atoms with Gasteiger partial charge in [0.2, 0.25) is 0 Å². The van der Waals surface area contributed by atoms with Gasteiger partial charge in [-0.3, -0.25) is 4.79 Å². The van der Waals surface area contributed by atoms with Crippen LogP contribution < -0.4 is 10.1 Å². The normalized spacial score (nSPS) is 12.4. The number of ether oxygens (including phenoxy) is 1. The van der Waals surface area contributed by atoms with E-state index in [1.807, 2.05) is 35.0 Å². The van der Waals surface area contributed by atoms with Crippen molar-refractivity contribution in [2.75, 3.05) is 6.61 Å². The fraction of sp³-hybridized carbons (Fsp3) is 0.227. The molecule has 0 unspecified atom stereocenters. The average molecular weight is 391 g/mol. The Balaban J connectivity index is 1.48. The van der Waals surface area contributed by atoms with Crippen molar-refractivity contribution in [3.63, 3.8) is 0 Å². The van der Waals surface area contributed by atoms with Crippen LogP contribution in [0.1, 0.15) is 33.7 Å². The van der Waals surface area contributed by atoms with E-state index in [1.165, 1.54) is 17.3 Å². The minimum absolute atomic E-state index is 0.258. The van der Waals surface area contributed by atoms with E-state index in [0.29, 0.717) is 17.9 Å². The van der Waals surface area contributed by atoms with E-state index >= 15 is 0 Å². The lowest BCUT2D eigenvalue weighted by atomic mass is 10.1. The summed E-state index contributed by atoms with van der Waals surface area (Å²) in [4.78, 5) is 23.2. The zero-order chi connectivity index (χ0) is 20.2. The summed E-state index contributed by atoms with van der Waals surface area (Å²) in [6, 6.07) is 16.5. The summed E-state index contributed by atoms with van der Waals surface area (Å²) in [6.07, 6.45) is 3.03. The second-order valence-corrected chi connectivity index (χ2v) is 6.87. The molecule has 1 aliphatic rings. The zero-order valence-corrected chi connectivity index (χ0v) is 15.8. The van der Waals surface area contributed by atoms with E-state index in [9.17, 15) is 9.59 Å². The predicted molar refractivity (Wildman–Crippen MR) is 106 cm³/mol. The predicted octanol–water partition coefficient (Wildman–Crippen LogP) is 2.75. The van der Waals surface area contributed by atoms with Gasteiger partial charge < -0.3 is 15.2 Å². The first kappa shape index (κ1) is 18.7. The van der Waals surface area contributed by atoms with Crippen molar-refractivity contribution in [2.45, 2.75) is 25.8 Å². The second kappa shape index (κ2) is 8.18. The van der Waals surface area contributed by atoms with E-state index in [2.05, 4.69) is 5.32 Å². The first-order valence-electron chi connectivity index (χ1n) is 9.50. The molecule has 2 N–H and O–H groups in total. The maximum absolute atomic E-state index is 12.6. The molecule has 1 heterocycles. The maximum Gasteiger partial charge on any atom is 0.341 e. The molecule has 148 valence electrons. The lowest BCUT2D eigenvalue weighted by molar-refractivity contribution is -0.139. The minimum Gasteiger partial charge on any atom is -0.482 e. The highest BCUT2D eigenvalue weighted by molar-refractivity contribution is 5.94. The molecule has 0 fully saturated rings. The lowest BCUT2D eigenvalue weighted by Gasteiger charge is -2.07. The van der Waals surface area contributed by atoms with Crippen LogP contribution in [0, 0.1) is 0 Å². The highest BCUT2D eigenvalue weighted by Gasteiger charge is 2.23. The van der Waals surface area contributed by atoms with E-state index in [0.717, 1.165) is 30.6 Å². The quantitative estimate of drug-likeness (QED) is 0.646. The number of carbonyl (C=O) groups excluding carboxylic acids is 1. The van der Waals surface area contributed by atoms with Gasteiger partial charge in [-0.25, -0.2) is 9.48 Å². The van der Waals surface area contributed by atoms with Crippen molar-refractivity contribution in [3.8, 4) is 11.4 Å². The molecule has 0 aliphatic heterocycles. The summed E-state index contributed by atoms with van der Waals surface area (Å²) in [5.74, 6) is -0.983. The number of hydrogen-bond donors (Lipinski definition) is 2. The molecular weight excluding hydrogens is 370 g/mol. The number of carboxylic acid groups (broad SMARTS) is 1. The van der Waals surface area contributed by atoms with E-state index < -0.39 is 12.6 Å². The Morgan fingerprint density at radius 1 is 1.10 bits per heavy atom. The standard InChI is InChI=1S/C22H21N3O4/c26-21(27)14-29-17-9-4-6-15(12-17)22(28)23-13-19-18-10-5-11-20(18)25(24-19)16-7-2-1-3-8-16/h1-4,6-9,12H,5,10-11,13-14H2,(H,23,28)(H,26,27). The number of benzene rings is 2. The number of amides is 1.